The average molecular weight is 561 g/mol. The van der Waals surface area contributed by atoms with E-state index in [1.807, 2.05) is 0 Å². The summed E-state index contributed by atoms with van der Waals surface area (Å²) in [5, 5.41) is 35.3. The number of benzene rings is 1. The molecule has 6 N–H and O–H groups in total. The molecule has 0 radical (unpaired) electrons. The highest BCUT2D eigenvalue weighted by molar-refractivity contribution is 6.05. The molecule has 1 aliphatic heterocycles. The highest BCUT2D eigenvalue weighted by Gasteiger charge is 2.29. The van der Waals surface area contributed by atoms with Crippen LogP contribution in [-0.4, -0.2) is 73.1 Å². The number of ether oxygens (including phenoxy) is 4. The molecule has 5 atom stereocenters. The number of anilines is 1. The van der Waals surface area contributed by atoms with Gasteiger partial charge in [0.25, 0.3) is 5.91 Å². The van der Waals surface area contributed by atoms with E-state index in [0.29, 0.717) is 11.1 Å². The van der Waals surface area contributed by atoms with Crippen molar-refractivity contribution in [3.8, 4) is 17.2 Å². The fraction of sp³-hybridized carbons (Fsp3) is 0.448. The molecule has 1 aromatic rings. The zero-order valence-corrected chi connectivity index (χ0v) is 23.9. The molecule has 0 aliphatic carbocycles. The maximum Gasteiger partial charge on any atom is 0.405 e. The minimum atomic E-state index is -0.998. The summed E-state index contributed by atoms with van der Waals surface area (Å²) in [5.41, 5.74) is 6.98. The Hall–Kier alpha value is -3.80. The first-order valence-corrected chi connectivity index (χ1v) is 12.7. The molecule has 2 rings (SSSR count). The number of aliphatic hydroxyl groups is 1. The Morgan fingerprint density at radius 2 is 1.80 bits per heavy atom. The number of primary amides is 1. The Morgan fingerprint density at radius 1 is 1.12 bits per heavy atom. The van der Waals surface area contributed by atoms with Crippen LogP contribution < -0.4 is 15.8 Å². The van der Waals surface area contributed by atoms with E-state index in [1.54, 1.807) is 52.0 Å². The summed E-state index contributed by atoms with van der Waals surface area (Å²) in [6.07, 6.45) is 3.94. The highest BCUT2D eigenvalue weighted by Crippen LogP contribution is 2.43. The minimum absolute atomic E-state index is 0.0171. The molecule has 0 aromatic heterocycles. The Balaban J connectivity index is 2.72. The van der Waals surface area contributed by atoms with Gasteiger partial charge in [-0.2, -0.15) is 0 Å². The van der Waals surface area contributed by atoms with Crippen molar-refractivity contribution in [3.05, 3.63) is 52.7 Å². The summed E-state index contributed by atoms with van der Waals surface area (Å²) in [6, 6.07) is 1.19. The van der Waals surface area contributed by atoms with Gasteiger partial charge in [0.1, 0.15) is 11.9 Å². The van der Waals surface area contributed by atoms with Gasteiger partial charge >= 0.3 is 6.09 Å². The van der Waals surface area contributed by atoms with Crippen molar-refractivity contribution < 1.29 is 43.9 Å². The predicted octanol–water partition coefficient (Wildman–Crippen LogP) is 3.79. The Bertz CT molecular complexity index is 1200. The Morgan fingerprint density at radius 3 is 2.38 bits per heavy atom. The normalized spacial score (nSPS) is 24.9. The lowest BCUT2D eigenvalue weighted by Gasteiger charge is -2.28. The molecule has 2 amide bonds. The predicted molar refractivity (Wildman–Crippen MR) is 151 cm³/mol. The summed E-state index contributed by atoms with van der Waals surface area (Å²) in [6.45, 7) is 6.86. The zero-order valence-electron chi connectivity index (χ0n) is 23.9. The fourth-order valence-electron chi connectivity index (χ4n) is 4.47. The molecule has 0 saturated carbocycles. The quantitative estimate of drug-likeness (QED) is 0.209. The highest BCUT2D eigenvalue weighted by atomic mass is 16.6. The summed E-state index contributed by atoms with van der Waals surface area (Å²) in [7, 11) is 4.25. The van der Waals surface area contributed by atoms with E-state index < -0.39 is 42.3 Å². The molecular formula is C29H40N2O9. The average Bonchev–Trinajstić information content (AvgIpc) is 2.90. The second kappa shape index (κ2) is 14.5. The van der Waals surface area contributed by atoms with Crippen molar-refractivity contribution in [1.29, 1.82) is 0 Å². The molecule has 1 aliphatic rings. The van der Waals surface area contributed by atoms with E-state index in [-0.39, 0.29) is 40.5 Å². The van der Waals surface area contributed by atoms with E-state index in [4.69, 9.17) is 24.7 Å². The molecule has 1 unspecified atom stereocenters. The van der Waals surface area contributed by atoms with Crippen LogP contribution in [0.3, 0.4) is 0 Å². The molecule has 11 nitrogen and oxygen atoms in total. The number of nitrogens with one attached hydrogen (secondary N) is 1. The molecular weight excluding hydrogens is 520 g/mol. The van der Waals surface area contributed by atoms with Crippen LogP contribution >= 0.6 is 0 Å². The monoisotopic (exact) mass is 560 g/mol. The molecule has 40 heavy (non-hydrogen) atoms. The van der Waals surface area contributed by atoms with Crippen molar-refractivity contribution in [2.24, 2.45) is 11.7 Å². The van der Waals surface area contributed by atoms with Gasteiger partial charge in [-0.15, -0.1) is 0 Å². The van der Waals surface area contributed by atoms with E-state index in [1.165, 1.54) is 33.5 Å². The third-order valence-corrected chi connectivity index (χ3v) is 6.65. The number of phenols is 2. The summed E-state index contributed by atoms with van der Waals surface area (Å²) in [4.78, 5) is 24.6. The van der Waals surface area contributed by atoms with Crippen molar-refractivity contribution in [2.75, 3.05) is 26.6 Å². The molecule has 1 aromatic carbocycles. The fourth-order valence-corrected chi connectivity index (χ4v) is 4.47. The van der Waals surface area contributed by atoms with Gasteiger partial charge in [0.2, 0.25) is 0 Å². The van der Waals surface area contributed by atoms with Crippen LogP contribution in [0.5, 0.6) is 17.2 Å². The molecule has 2 bridgehead atoms. The van der Waals surface area contributed by atoms with Gasteiger partial charge in [0, 0.05) is 31.8 Å². The van der Waals surface area contributed by atoms with Crippen LogP contribution in [0.4, 0.5) is 10.5 Å². The number of methoxy groups -OCH3 is 3. The zero-order chi connectivity index (χ0) is 30.1. The first-order valence-electron chi connectivity index (χ1n) is 12.7. The summed E-state index contributed by atoms with van der Waals surface area (Å²) < 4.78 is 21.8. The van der Waals surface area contributed by atoms with Crippen LogP contribution in [0.1, 0.15) is 39.7 Å². The maximum atomic E-state index is 12.9. The van der Waals surface area contributed by atoms with Gasteiger partial charge in [-0.3, -0.25) is 4.79 Å². The number of rotatable bonds is 4. The van der Waals surface area contributed by atoms with Crippen molar-refractivity contribution in [1.82, 2.24) is 0 Å². The number of carbonyl (C=O) groups is 2. The van der Waals surface area contributed by atoms with E-state index in [9.17, 15) is 24.9 Å². The number of hydrogen-bond donors (Lipinski definition) is 5. The number of hydrogen-bond acceptors (Lipinski definition) is 9. The molecule has 0 spiro atoms. The lowest BCUT2D eigenvalue weighted by molar-refractivity contribution is -0.112. The first kappa shape index (κ1) is 32.4. The van der Waals surface area contributed by atoms with Gasteiger partial charge in [-0.05, 0) is 38.8 Å². The number of carbonyl (C=O) groups excluding carboxylic acids is 2. The third kappa shape index (κ3) is 8.10. The number of nitrogens with two attached hydrogens (primary N) is 1. The van der Waals surface area contributed by atoms with Crippen molar-refractivity contribution >= 4 is 23.8 Å². The molecule has 0 saturated heterocycles. The second-order valence-electron chi connectivity index (χ2n) is 9.71. The second-order valence-corrected chi connectivity index (χ2v) is 9.71. The van der Waals surface area contributed by atoms with Crippen LogP contribution in [0.15, 0.2) is 47.1 Å². The largest absolute Gasteiger partial charge is 0.505 e. The third-order valence-electron chi connectivity index (χ3n) is 6.65. The van der Waals surface area contributed by atoms with E-state index >= 15 is 0 Å². The lowest BCUT2D eigenvalue weighted by atomic mass is 9.91. The van der Waals surface area contributed by atoms with Crippen molar-refractivity contribution in [2.45, 2.75) is 58.5 Å². The van der Waals surface area contributed by atoms with Crippen LogP contribution in [0, 0.1) is 5.92 Å². The number of phenolic OH excluding ortho intramolecular Hbond substituents is 2. The van der Waals surface area contributed by atoms with Crippen molar-refractivity contribution in [3.63, 3.8) is 0 Å². The SMILES string of the molecule is COc1c(O)cc2c(O)c1C=C(C)C[C@H](OC)C(O)[C@@H](C)C=C(C)[C@H](OC(N)=O)[C@@H](OC)C=CC=C(C)C(=O)N2. The Labute approximate surface area is 234 Å². The van der Waals surface area contributed by atoms with Gasteiger partial charge in [0.05, 0.1) is 30.6 Å². The molecule has 0 fully saturated rings. The number of aliphatic hydroxyl groups excluding tert-OH is 1. The number of amides is 2. The van der Waals surface area contributed by atoms with Gasteiger partial charge in [0.15, 0.2) is 17.6 Å². The summed E-state index contributed by atoms with van der Waals surface area (Å²) in [5.74, 6) is -1.57. The van der Waals surface area contributed by atoms with Crippen LogP contribution in [0.2, 0.25) is 0 Å². The molecule has 1 heterocycles. The Kier molecular flexibility index (Phi) is 11.8. The standard InChI is InChI=1S/C29H40N2O9/c1-15-11-19-25(34)20(14-21(32)27(19)39-7)31-28(35)16(2)9-8-10-22(37-5)26(40-29(30)36)18(4)13-17(3)24(33)23(12-15)38-6/h8-11,13-14,17,22-24,26,32-34H,12H2,1-7H3,(H2,30,36)(H,31,35)/t17-,22-,23-,24?,26-/m0/s1. The van der Waals surface area contributed by atoms with E-state index in [2.05, 4.69) is 5.32 Å². The van der Waals surface area contributed by atoms with Crippen LogP contribution in [-0.2, 0) is 19.0 Å². The number of aromatic hydroxyl groups is 2. The minimum Gasteiger partial charge on any atom is -0.505 e. The maximum absolute atomic E-state index is 12.9. The van der Waals surface area contributed by atoms with Crippen LogP contribution in [0.25, 0.3) is 6.08 Å². The lowest BCUT2D eigenvalue weighted by Crippen LogP contribution is -2.36. The molecule has 220 valence electrons. The smallest absolute Gasteiger partial charge is 0.405 e. The molecule has 11 heteroatoms. The van der Waals surface area contributed by atoms with Gasteiger partial charge in [-0.1, -0.05) is 36.8 Å². The first-order chi connectivity index (χ1) is 18.8. The van der Waals surface area contributed by atoms with E-state index in [0.717, 1.165) is 0 Å². The van der Waals surface area contributed by atoms with Gasteiger partial charge in [-0.25, -0.2) is 4.79 Å². The summed E-state index contributed by atoms with van der Waals surface area (Å²) >= 11 is 0. The number of allylic oxidation sites excluding steroid dienone is 2. The van der Waals surface area contributed by atoms with Gasteiger partial charge < -0.3 is 45.3 Å². The topological polar surface area (TPSA) is 170 Å². The number of fused-ring (bicyclic) bond motifs is 2.